The summed E-state index contributed by atoms with van der Waals surface area (Å²) in [7, 11) is 2.01. The van der Waals surface area contributed by atoms with Gasteiger partial charge in [0.2, 0.25) is 5.95 Å². The van der Waals surface area contributed by atoms with Crippen molar-refractivity contribution in [3.8, 4) is 0 Å². The van der Waals surface area contributed by atoms with Crippen molar-refractivity contribution >= 4 is 5.95 Å². The van der Waals surface area contributed by atoms with Crippen molar-refractivity contribution in [1.29, 1.82) is 0 Å². The van der Waals surface area contributed by atoms with Crippen LogP contribution in [0.25, 0.3) is 0 Å². The van der Waals surface area contributed by atoms with Gasteiger partial charge in [-0.25, -0.2) is 9.97 Å². The van der Waals surface area contributed by atoms with Crippen LogP contribution >= 0.6 is 0 Å². The van der Waals surface area contributed by atoms with Crippen LogP contribution in [0.15, 0.2) is 6.20 Å². The molecule has 0 saturated carbocycles. The summed E-state index contributed by atoms with van der Waals surface area (Å²) < 4.78 is 0. The van der Waals surface area contributed by atoms with Crippen LogP contribution in [0.1, 0.15) is 18.2 Å². The number of nitrogens with zero attached hydrogens (tertiary/aromatic N) is 3. The normalized spacial score (nSPS) is 15.0. The maximum absolute atomic E-state index is 4.54. The molecule has 0 saturated heterocycles. The predicted octanol–water partition coefficient (Wildman–Crippen LogP) is 0.578. The molecule has 4 nitrogen and oxygen atoms in total. The van der Waals surface area contributed by atoms with E-state index in [-0.39, 0.29) is 0 Å². The molecule has 76 valence electrons. The van der Waals surface area contributed by atoms with Crippen molar-refractivity contribution < 1.29 is 0 Å². The van der Waals surface area contributed by atoms with Crippen LogP contribution < -0.4 is 10.2 Å². The van der Waals surface area contributed by atoms with Gasteiger partial charge in [0, 0.05) is 26.3 Å². The molecule has 0 spiro atoms. The molecule has 1 aromatic heterocycles. The Morgan fingerprint density at radius 3 is 3.21 bits per heavy atom. The molecule has 1 aromatic rings. The predicted molar refractivity (Wildman–Crippen MR) is 56.4 cm³/mol. The minimum atomic E-state index is 0.829. The first-order chi connectivity index (χ1) is 6.81. The fourth-order valence-electron chi connectivity index (χ4n) is 1.55. The van der Waals surface area contributed by atoms with Crippen molar-refractivity contribution in [2.75, 3.05) is 25.0 Å². The number of anilines is 1. The Balaban J connectivity index is 2.29. The number of hydrogen-bond acceptors (Lipinski definition) is 4. The maximum atomic E-state index is 4.54. The Morgan fingerprint density at radius 1 is 1.57 bits per heavy atom. The minimum absolute atomic E-state index is 0.829. The highest BCUT2D eigenvalue weighted by Crippen LogP contribution is 2.13. The van der Waals surface area contributed by atoms with E-state index in [0.717, 1.165) is 37.7 Å². The van der Waals surface area contributed by atoms with Crippen molar-refractivity contribution in [3.05, 3.63) is 17.5 Å². The summed E-state index contributed by atoms with van der Waals surface area (Å²) in [6, 6.07) is 0. The van der Waals surface area contributed by atoms with Crippen LogP contribution in [0, 0.1) is 0 Å². The van der Waals surface area contributed by atoms with E-state index in [0.29, 0.717) is 0 Å². The highest BCUT2D eigenvalue weighted by Gasteiger charge is 2.12. The molecule has 0 fully saturated rings. The van der Waals surface area contributed by atoms with Gasteiger partial charge in [-0.05, 0) is 25.5 Å². The second-order valence-corrected chi connectivity index (χ2v) is 3.58. The summed E-state index contributed by atoms with van der Waals surface area (Å²) in [5, 5.41) is 3.32. The Labute approximate surface area is 84.4 Å². The number of hydrogen-bond donors (Lipinski definition) is 1. The quantitative estimate of drug-likeness (QED) is 0.744. The lowest BCUT2D eigenvalue weighted by molar-refractivity contribution is 0.621. The third-order valence-electron chi connectivity index (χ3n) is 2.62. The summed E-state index contributed by atoms with van der Waals surface area (Å²) in [6.07, 6.45) is 3.01. The Morgan fingerprint density at radius 2 is 2.43 bits per heavy atom. The van der Waals surface area contributed by atoms with E-state index in [1.807, 2.05) is 13.2 Å². The monoisotopic (exact) mass is 192 g/mol. The molecule has 0 bridgehead atoms. The van der Waals surface area contributed by atoms with Crippen molar-refractivity contribution in [1.82, 2.24) is 15.3 Å². The lowest BCUT2D eigenvalue weighted by atomic mass is 10.1. The molecule has 1 aliphatic rings. The third kappa shape index (κ3) is 1.70. The second kappa shape index (κ2) is 3.92. The molecule has 0 aromatic carbocycles. The molecule has 1 aliphatic heterocycles. The Kier molecular flexibility index (Phi) is 2.63. The summed E-state index contributed by atoms with van der Waals surface area (Å²) in [5.74, 6) is 0.829. The van der Waals surface area contributed by atoms with Crippen LogP contribution in [-0.2, 0) is 13.0 Å². The van der Waals surface area contributed by atoms with E-state index in [9.17, 15) is 0 Å². The lowest BCUT2D eigenvalue weighted by Crippen LogP contribution is -2.27. The fraction of sp³-hybridized carbons (Fsp3) is 0.600. The van der Waals surface area contributed by atoms with Gasteiger partial charge in [-0.2, -0.15) is 0 Å². The van der Waals surface area contributed by atoms with Crippen LogP contribution in [-0.4, -0.2) is 30.1 Å². The largest absolute Gasteiger partial charge is 0.344 e. The first-order valence-corrected chi connectivity index (χ1v) is 5.08. The van der Waals surface area contributed by atoms with Gasteiger partial charge < -0.3 is 10.2 Å². The van der Waals surface area contributed by atoms with E-state index in [2.05, 4.69) is 27.1 Å². The number of rotatable bonds is 2. The van der Waals surface area contributed by atoms with Gasteiger partial charge in [-0.1, -0.05) is 0 Å². The Bertz CT molecular complexity index is 324. The van der Waals surface area contributed by atoms with Crippen LogP contribution in [0.2, 0.25) is 0 Å². The van der Waals surface area contributed by atoms with Crippen LogP contribution in [0.3, 0.4) is 0 Å². The molecule has 0 aliphatic carbocycles. The zero-order chi connectivity index (χ0) is 9.97. The smallest absolute Gasteiger partial charge is 0.225 e. The Hall–Kier alpha value is -1.16. The molecular formula is C10H16N4. The second-order valence-electron chi connectivity index (χ2n) is 3.58. The molecule has 4 heteroatoms. The minimum Gasteiger partial charge on any atom is -0.344 e. The topological polar surface area (TPSA) is 41.1 Å². The first kappa shape index (κ1) is 9.40. The average Bonchev–Trinajstić information content (AvgIpc) is 2.27. The van der Waals surface area contributed by atoms with Crippen molar-refractivity contribution in [3.63, 3.8) is 0 Å². The third-order valence-corrected chi connectivity index (χ3v) is 2.62. The van der Waals surface area contributed by atoms with Crippen molar-refractivity contribution in [2.24, 2.45) is 0 Å². The van der Waals surface area contributed by atoms with Gasteiger partial charge >= 0.3 is 0 Å². The molecule has 0 amide bonds. The van der Waals surface area contributed by atoms with Crippen molar-refractivity contribution in [2.45, 2.75) is 19.9 Å². The summed E-state index contributed by atoms with van der Waals surface area (Å²) >= 11 is 0. The number of nitrogens with one attached hydrogen (secondary N) is 1. The summed E-state index contributed by atoms with van der Waals surface area (Å²) in [5.41, 5.74) is 2.44. The molecule has 2 heterocycles. The molecular weight excluding hydrogens is 176 g/mol. The van der Waals surface area contributed by atoms with E-state index in [1.165, 1.54) is 5.56 Å². The summed E-state index contributed by atoms with van der Waals surface area (Å²) in [4.78, 5) is 10.9. The van der Waals surface area contributed by atoms with Crippen LogP contribution in [0.4, 0.5) is 5.95 Å². The van der Waals surface area contributed by atoms with Gasteiger partial charge in [-0.15, -0.1) is 0 Å². The lowest BCUT2D eigenvalue weighted by Gasteiger charge is -2.19. The first-order valence-electron chi connectivity index (χ1n) is 5.08. The average molecular weight is 192 g/mol. The van der Waals surface area contributed by atoms with E-state index >= 15 is 0 Å². The summed E-state index contributed by atoms with van der Waals surface area (Å²) in [6.45, 7) is 4.95. The van der Waals surface area contributed by atoms with Gasteiger partial charge in [-0.3, -0.25) is 0 Å². The molecule has 2 rings (SSSR count). The molecule has 0 radical (unpaired) electrons. The number of fused-ring (bicyclic) bond motifs is 1. The van der Waals surface area contributed by atoms with Gasteiger partial charge in [0.15, 0.2) is 0 Å². The van der Waals surface area contributed by atoms with E-state index in [4.69, 9.17) is 0 Å². The van der Waals surface area contributed by atoms with E-state index in [1.54, 1.807) is 0 Å². The zero-order valence-electron chi connectivity index (χ0n) is 8.75. The maximum Gasteiger partial charge on any atom is 0.225 e. The molecule has 14 heavy (non-hydrogen) atoms. The van der Waals surface area contributed by atoms with Gasteiger partial charge in [0.05, 0.1) is 5.69 Å². The highest BCUT2D eigenvalue weighted by molar-refractivity contribution is 5.32. The number of aromatic nitrogens is 2. The van der Waals surface area contributed by atoms with Gasteiger partial charge in [0.25, 0.3) is 0 Å². The van der Waals surface area contributed by atoms with Crippen LogP contribution in [0.5, 0.6) is 0 Å². The van der Waals surface area contributed by atoms with Gasteiger partial charge in [0.1, 0.15) is 0 Å². The zero-order valence-corrected chi connectivity index (χ0v) is 8.75. The SMILES string of the molecule is CCN(C)c1ncc2c(n1)CNCC2. The fourth-order valence-corrected chi connectivity index (χ4v) is 1.55. The van der Waals surface area contributed by atoms with E-state index < -0.39 is 0 Å². The highest BCUT2D eigenvalue weighted by atomic mass is 15.2. The molecule has 0 unspecified atom stereocenters. The molecule has 0 atom stereocenters. The standard InChI is InChI=1S/C10H16N4/c1-3-14(2)10-12-6-8-4-5-11-7-9(8)13-10/h6,11H,3-5,7H2,1-2H3. The molecule has 1 N–H and O–H groups in total.